The minimum atomic E-state index is 0. The Morgan fingerprint density at radius 1 is 0.220 bits per heavy atom. The van der Waals surface area contributed by atoms with Gasteiger partial charge in [0, 0.05) is 21.1 Å². The molecule has 0 aromatic heterocycles. The summed E-state index contributed by atoms with van der Waals surface area (Å²) in [6, 6.07) is 0. The Bertz CT molecular complexity index is 364. The van der Waals surface area contributed by atoms with Crippen LogP contribution in [0.2, 0.25) is 0 Å². The molecule has 0 saturated carbocycles. The molecule has 0 spiro atoms. The minimum Gasteiger partial charge on any atom is -0.303 e. The van der Waals surface area contributed by atoms with Crippen molar-refractivity contribution in [2.45, 2.75) is 233 Å². The Hall–Kier alpha value is 0.648. The molecule has 1 nitrogen and oxygen atoms in total. The number of rotatable bonds is 36. The predicted molar refractivity (Wildman–Crippen MR) is 186 cm³/mol. The maximum atomic E-state index is 2.86. The van der Waals surface area contributed by atoms with Crippen molar-refractivity contribution in [2.75, 3.05) is 19.6 Å². The summed E-state index contributed by atoms with van der Waals surface area (Å²) in [4.78, 5) is 2.86. The Balaban J connectivity index is 0. The number of nitrogens with zero attached hydrogens (tertiary/aromatic N) is 1. The molecule has 0 aliphatic carbocycles. The van der Waals surface area contributed by atoms with Gasteiger partial charge in [0.1, 0.15) is 0 Å². The van der Waals surface area contributed by atoms with Gasteiger partial charge in [-0.25, -0.2) is 0 Å². The first kappa shape index (κ1) is 43.8. The molecule has 0 aromatic rings. The first-order valence-corrected chi connectivity index (χ1v) is 19.6. The average Bonchev–Trinajstić information content (AvgIpc) is 2.97. The molecule has 0 aromatic carbocycles. The summed E-state index contributed by atoms with van der Waals surface area (Å²) in [6.45, 7) is 11.1. The van der Waals surface area contributed by atoms with Gasteiger partial charge in [-0.15, -0.1) is 0 Å². The molecule has 41 heavy (non-hydrogen) atoms. The fourth-order valence-corrected chi connectivity index (χ4v) is 6.33. The maximum absolute atomic E-state index is 2.86. The molecule has 0 fully saturated rings. The monoisotopic (exact) mass is 662 g/mol. The van der Waals surface area contributed by atoms with Crippen LogP contribution in [-0.2, 0) is 21.1 Å². The van der Waals surface area contributed by atoms with Crippen molar-refractivity contribution >= 4 is 0 Å². The number of unbranched alkanes of at least 4 members (excludes halogenated alkanes) is 30. The molecule has 0 radical (unpaired) electrons. The van der Waals surface area contributed by atoms with Gasteiger partial charge in [0.05, 0.1) is 0 Å². The Morgan fingerprint density at radius 2 is 0.366 bits per heavy atom. The third-order valence-electron chi connectivity index (χ3n) is 9.23. The second-order valence-corrected chi connectivity index (χ2v) is 13.4. The normalized spacial score (nSPS) is 11.4. The molecule has 248 valence electrons. The van der Waals surface area contributed by atoms with Crippen LogP contribution in [0.5, 0.6) is 0 Å². The molecular formula is C39H81MoN. The van der Waals surface area contributed by atoms with Gasteiger partial charge in [0.15, 0.2) is 0 Å². The molecular weight excluding hydrogens is 578 g/mol. The SMILES string of the molecule is CCCCCCCCCCCCCN(CCCCCCCCCCCCC)CCCCCCCCCCCCC.[Mo]. The van der Waals surface area contributed by atoms with Gasteiger partial charge in [-0.05, 0) is 38.9 Å². The van der Waals surface area contributed by atoms with E-state index in [1.165, 1.54) is 232 Å². The van der Waals surface area contributed by atoms with Crippen LogP contribution in [0.15, 0.2) is 0 Å². The van der Waals surface area contributed by atoms with Crippen LogP contribution in [0, 0.1) is 0 Å². The second kappa shape index (κ2) is 40.6. The summed E-state index contributed by atoms with van der Waals surface area (Å²) in [5, 5.41) is 0. The maximum Gasteiger partial charge on any atom is 0 e. The van der Waals surface area contributed by atoms with Crippen LogP contribution in [0.3, 0.4) is 0 Å². The van der Waals surface area contributed by atoms with Crippen molar-refractivity contribution in [2.24, 2.45) is 0 Å². The van der Waals surface area contributed by atoms with E-state index in [1.54, 1.807) is 0 Å². The van der Waals surface area contributed by atoms with Crippen LogP contribution < -0.4 is 0 Å². The molecule has 0 unspecified atom stereocenters. The number of hydrogen-bond donors (Lipinski definition) is 0. The first-order chi connectivity index (χ1) is 19.8. The fraction of sp³-hybridized carbons (Fsp3) is 1.00. The van der Waals surface area contributed by atoms with Gasteiger partial charge >= 0.3 is 0 Å². The summed E-state index contributed by atoms with van der Waals surface area (Å²) < 4.78 is 0. The molecule has 0 rings (SSSR count). The number of hydrogen-bond acceptors (Lipinski definition) is 1. The molecule has 0 atom stereocenters. The summed E-state index contributed by atoms with van der Waals surface area (Å²) in [6.07, 6.45) is 48.1. The Labute approximate surface area is 277 Å². The summed E-state index contributed by atoms with van der Waals surface area (Å²) in [5.74, 6) is 0. The summed E-state index contributed by atoms with van der Waals surface area (Å²) >= 11 is 0. The Kier molecular flexibility index (Phi) is 43.4. The van der Waals surface area contributed by atoms with Crippen molar-refractivity contribution < 1.29 is 21.1 Å². The zero-order chi connectivity index (χ0) is 29.0. The molecule has 0 aliphatic heterocycles. The standard InChI is InChI=1S/C39H81N.Mo/c1-4-7-10-13-16-19-22-25-28-31-34-37-40(38-35-32-29-26-23-20-17-14-11-8-5-2)39-36-33-30-27-24-21-18-15-12-9-6-3;/h4-39H2,1-3H3;. The van der Waals surface area contributed by atoms with Gasteiger partial charge < -0.3 is 4.90 Å². The van der Waals surface area contributed by atoms with Crippen molar-refractivity contribution in [1.29, 1.82) is 0 Å². The third-order valence-corrected chi connectivity index (χ3v) is 9.23. The smallest absolute Gasteiger partial charge is 0 e. The van der Waals surface area contributed by atoms with Crippen LogP contribution in [0.25, 0.3) is 0 Å². The van der Waals surface area contributed by atoms with E-state index < -0.39 is 0 Å². The third kappa shape index (κ3) is 38.6. The van der Waals surface area contributed by atoms with E-state index in [0.717, 1.165) is 0 Å². The van der Waals surface area contributed by atoms with E-state index >= 15 is 0 Å². The fourth-order valence-electron chi connectivity index (χ4n) is 6.33. The van der Waals surface area contributed by atoms with Crippen LogP contribution >= 0.6 is 0 Å². The van der Waals surface area contributed by atoms with Gasteiger partial charge in [0.25, 0.3) is 0 Å². The van der Waals surface area contributed by atoms with Gasteiger partial charge in [-0.1, -0.05) is 213 Å². The first-order valence-electron chi connectivity index (χ1n) is 19.6. The zero-order valence-corrected chi connectivity index (χ0v) is 31.3. The van der Waals surface area contributed by atoms with Crippen LogP contribution in [0.4, 0.5) is 0 Å². The summed E-state index contributed by atoms with van der Waals surface area (Å²) in [5.41, 5.74) is 0. The van der Waals surface area contributed by atoms with Crippen LogP contribution in [-0.4, -0.2) is 24.5 Å². The van der Waals surface area contributed by atoms with Crippen molar-refractivity contribution in [1.82, 2.24) is 4.90 Å². The molecule has 0 saturated heterocycles. The van der Waals surface area contributed by atoms with Gasteiger partial charge in [-0.3, -0.25) is 0 Å². The molecule has 0 heterocycles. The zero-order valence-electron chi connectivity index (χ0n) is 29.3. The largest absolute Gasteiger partial charge is 0.303 e. The van der Waals surface area contributed by atoms with E-state index in [4.69, 9.17) is 0 Å². The molecule has 0 aliphatic rings. The van der Waals surface area contributed by atoms with Crippen molar-refractivity contribution in [3.8, 4) is 0 Å². The summed E-state index contributed by atoms with van der Waals surface area (Å²) in [7, 11) is 0. The van der Waals surface area contributed by atoms with E-state index in [0.29, 0.717) is 0 Å². The van der Waals surface area contributed by atoms with Crippen molar-refractivity contribution in [3.63, 3.8) is 0 Å². The molecule has 2 heteroatoms. The van der Waals surface area contributed by atoms with Gasteiger partial charge in [-0.2, -0.15) is 0 Å². The van der Waals surface area contributed by atoms with E-state index in [9.17, 15) is 0 Å². The Morgan fingerprint density at radius 3 is 0.537 bits per heavy atom. The topological polar surface area (TPSA) is 3.24 Å². The second-order valence-electron chi connectivity index (χ2n) is 13.4. The minimum absolute atomic E-state index is 0. The predicted octanol–water partition coefficient (Wildman–Crippen LogP) is 14.2. The van der Waals surface area contributed by atoms with Crippen molar-refractivity contribution in [3.05, 3.63) is 0 Å². The van der Waals surface area contributed by atoms with E-state index in [2.05, 4.69) is 25.7 Å². The van der Waals surface area contributed by atoms with Crippen LogP contribution in [0.1, 0.15) is 233 Å². The van der Waals surface area contributed by atoms with E-state index in [1.807, 2.05) is 0 Å². The average molecular weight is 660 g/mol. The quantitative estimate of drug-likeness (QED) is 0.0478. The molecule has 0 N–H and O–H groups in total. The van der Waals surface area contributed by atoms with E-state index in [-0.39, 0.29) is 21.1 Å². The molecule has 0 bridgehead atoms. The molecule has 0 amide bonds. The van der Waals surface area contributed by atoms with Gasteiger partial charge in [0.2, 0.25) is 0 Å².